The Morgan fingerprint density at radius 1 is 1.09 bits per heavy atom. The van der Waals surface area contributed by atoms with Crippen LogP contribution in [0.5, 0.6) is 0 Å². The van der Waals surface area contributed by atoms with Gasteiger partial charge < -0.3 is 25.2 Å². The lowest BCUT2D eigenvalue weighted by atomic mass is 10.0. The number of likely N-dealkylation sites (N-methyl/N-ethyl adjacent to an activating group) is 1. The largest absolute Gasteiger partial charge is 0.447 e. The molecule has 12 nitrogen and oxygen atoms in total. The minimum Gasteiger partial charge on any atom is -0.447 e. The summed E-state index contributed by atoms with van der Waals surface area (Å²) >= 11 is 0. The summed E-state index contributed by atoms with van der Waals surface area (Å²) in [5.74, 6) is -0.571. The molecule has 0 unspecified atom stereocenters. The molecule has 1 aromatic heterocycles. The van der Waals surface area contributed by atoms with Crippen LogP contribution in [0.25, 0.3) is 0 Å². The van der Waals surface area contributed by atoms with Crippen molar-refractivity contribution < 1.29 is 22.3 Å². The minimum atomic E-state index is -3.67. The first kappa shape index (κ1) is 32.9. The van der Waals surface area contributed by atoms with Gasteiger partial charge >= 0.3 is 6.09 Å². The van der Waals surface area contributed by atoms with E-state index in [1.54, 1.807) is 6.07 Å². The summed E-state index contributed by atoms with van der Waals surface area (Å²) in [6, 6.07) is 12.8. The highest BCUT2D eigenvalue weighted by atomic mass is 32.2. The maximum Gasteiger partial charge on any atom is 0.416 e. The molecule has 0 saturated carbocycles. The first-order valence-corrected chi connectivity index (χ1v) is 16.9. The van der Waals surface area contributed by atoms with Gasteiger partial charge in [-0.1, -0.05) is 39.5 Å². The average Bonchev–Trinajstić information content (AvgIpc) is 3.44. The van der Waals surface area contributed by atoms with Crippen molar-refractivity contribution in [1.82, 2.24) is 14.9 Å². The molecule has 3 N–H and O–H groups in total. The molecule has 3 aromatic rings. The van der Waals surface area contributed by atoms with E-state index >= 15 is 0 Å². The van der Waals surface area contributed by atoms with Crippen molar-refractivity contribution in [2.24, 2.45) is 5.92 Å². The fraction of sp³-hybridized carbons (Fsp3) is 0.406. The van der Waals surface area contributed by atoms with E-state index in [0.717, 1.165) is 67.0 Å². The second kappa shape index (κ2) is 13.9. The van der Waals surface area contributed by atoms with Crippen LogP contribution in [0.15, 0.2) is 60.6 Å². The third kappa shape index (κ3) is 7.50. The van der Waals surface area contributed by atoms with Crippen LogP contribution in [0.1, 0.15) is 39.3 Å². The predicted octanol–water partition coefficient (Wildman–Crippen LogP) is 5.54. The third-order valence-corrected chi connectivity index (χ3v) is 9.25. The van der Waals surface area contributed by atoms with Crippen LogP contribution in [-0.4, -0.2) is 74.8 Å². The Labute approximate surface area is 269 Å². The van der Waals surface area contributed by atoms with E-state index in [1.807, 2.05) is 57.2 Å². The van der Waals surface area contributed by atoms with E-state index in [0.29, 0.717) is 5.69 Å². The average molecular weight is 653 g/mol. The standard InChI is InChI=1S/C32H41FN8O4S/c1-6-39-14-16-40(17-15-39)28-18-25(12-13-27(28)38-46(43,44)7-2)36-24-10-8-23(9-11-24)22(5)35-31-34-19-26(33)30(37-31)41-29(21(3)4)20-45-32(41)42/h7-13,18-19,21-22,29,36,38H,2,6,14-17,20H2,1,3-5H3,(H,34,35,37)/t22-,29+/m0/s1. The smallest absolute Gasteiger partial charge is 0.416 e. The Balaban J connectivity index is 1.29. The lowest BCUT2D eigenvalue weighted by molar-refractivity contribution is 0.177. The molecule has 0 radical (unpaired) electrons. The molecular formula is C32H41FN8O4S. The van der Waals surface area contributed by atoms with Crippen molar-refractivity contribution >= 4 is 50.6 Å². The number of amides is 1. The van der Waals surface area contributed by atoms with Gasteiger partial charge in [0.1, 0.15) is 6.61 Å². The molecule has 2 atom stereocenters. The van der Waals surface area contributed by atoms with Gasteiger partial charge in [-0.25, -0.2) is 22.6 Å². The Morgan fingerprint density at radius 3 is 2.43 bits per heavy atom. The maximum atomic E-state index is 14.7. The van der Waals surface area contributed by atoms with Gasteiger partial charge in [-0.3, -0.25) is 9.62 Å². The van der Waals surface area contributed by atoms with Gasteiger partial charge in [-0.15, -0.1) is 0 Å². The minimum absolute atomic E-state index is 0.0504. The van der Waals surface area contributed by atoms with Crippen LogP contribution >= 0.6 is 0 Å². The van der Waals surface area contributed by atoms with Gasteiger partial charge in [-0.2, -0.15) is 4.98 Å². The number of rotatable bonds is 12. The summed E-state index contributed by atoms with van der Waals surface area (Å²) < 4.78 is 47.1. The van der Waals surface area contributed by atoms with Crippen LogP contribution in [-0.2, 0) is 14.8 Å². The summed E-state index contributed by atoms with van der Waals surface area (Å²) in [6.45, 7) is 15.8. The van der Waals surface area contributed by atoms with Gasteiger partial charge in [0.05, 0.1) is 29.7 Å². The molecular weight excluding hydrogens is 611 g/mol. The molecule has 1 amide bonds. The molecule has 2 aromatic carbocycles. The number of sulfonamides is 1. The van der Waals surface area contributed by atoms with Gasteiger partial charge in [0.2, 0.25) is 5.95 Å². The molecule has 2 saturated heterocycles. The van der Waals surface area contributed by atoms with Gasteiger partial charge in [0.25, 0.3) is 10.0 Å². The Morgan fingerprint density at radius 2 is 1.78 bits per heavy atom. The zero-order valence-corrected chi connectivity index (χ0v) is 27.3. The van der Waals surface area contributed by atoms with E-state index in [2.05, 4.69) is 48.6 Å². The van der Waals surface area contributed by atoms with Crippen LogP contribution in [0.2, 0.25) is 0 Å². The van der Waals surface area contributed by atoms with Crippen molar-refractivity contribution in [2.75, 3.05) is 64.5 Å². The molecule has 2 aliphatic rings. The van der Waals surface area contributed by atoms with Crippen LogP contribution in [0.4, 0.5) is 43.7 Å². The molecule has 0 spiro atoms. The number of hydrogen-bond acceptors (Lipinski definition) is 10. The number of benzene rings is 2. The van der Waals surface area contributed by atoms with Crippen molar-refractivity contribution in [1.29, 1.82) is 0 Å². The zero-order chi connectivity index (χ0) is 33.0. The highest BCUT2D eigenvalue weighted by molar-refractivity contribution is 7.95. The fourth-order valence-electron chi connectivity index (χ4n) is 5.52. The second-order valence-electron chi connectivity index (χ2n) is 11.7. The number of anilines is 6. The van der Waals surface area contributed by atoms with Crippen molar-refractivity contribution in [3.8, 4) is 0 Å². The molecule has 0 aliphatic carbocycles. The summed E-state index contributed by atoms with van der Waals surface area (Å²) in [6.07, 6.45) is 0.427. The number of nitrogens with zero attached hydrogens (tertiary/aromatic N) is 5. The first-order chi connectivity index (χ1) is 22.0. The van der Waals surface area contributed by atoms with E-state index < -0.39 is 21.9 Å². The summed E-state index contributed by atoms with van der Waals surface area (Å²) in [5.41, 5.74) is 3.87. The van der Waals surface area contributed by atoms with E-state index in [4.69, 9.17) is 4.74 Å². The normalized spacial score (nSPS) is 18.0. The SMILES string of the molecule is C=CS(=O)(=O)Nc1ccc(Nc2ccc([C@H](C)Nc3ncc(F)c(N4C(=O)OC[C@@H]4C(C)C)n3)cc2)cc1N1CCN(CC)CC1. The van der Waals surface area contributed by atoms with Crippen LogP contribution < -0.4 is 25.2 Å². The predicted molar refractivity (Wildman–Crippen MR) is 180 cm³/mol. The zero-order valence-electron chi connectivity index (χ0n) is 26.5. The van der Waals surface area contributed by atoms with Crippen molar-refractivity contribution in [2.45, 2.75) is 39.8 Å². The molecule has 14 heteroatoms. The van der Waals surface area contributed by atoms with Gasteiger partial charge in [0.15, 0.2) is 11.6 Å². The lowest BCUT2D eigenvalue weighted by Gasteiger charge is -2.36. The van der Waals surface area contributed by atoms with Crippen LogP contribution in [0.3, 0.4) is 0 Å². The van der Waals surface area contributed by atoms with E-state index in [9.17, 15) is 17.6 Å². The van der Waals surface area contributed by atoms with Gasteiger partial charge in [-0.05, 0) is 55.3 Å². The number of aromatic nitrogens is 2. The molecule has 2 aliphatic heterocycles. The molecule has 46 heavy (non-hydrogen) atoms. The first-order valence-electron chi connectivity index (χ1n) is 15.4. The highest BCUT2D eigenvalue weighted by Gasteiger charge is 2.39. The monoisotopic (exact) mass is 652 g/mol. The van der Waals surface area contributed by atoms with E-state index in [1.165, 1.54) is 4.90 Å². The molecule has 5 rings (SSSR count). The Bertz CT molecular complexity index is 1660. The van der Waals surface area contributed by atoms with Crippen LogP contribution in [0, 0.1) is 11.7 Å². The maximum absolute atomic E-state index is 14.7. The Kier molecular flexibility index (Phi) is 9.97. The number of nitrogens with one attached hydrogen (secondary N) is 3. The Hall–Kier alpha value is -4.43. The number of hydrogen-bond donors (Lipinski definition) is 3. The number of halogens is 1. The second-order valence-corrected chi connectivity index (χ2v) is 13.3. The molecule has 0 bridgehead atoms. The molecule has 2 fully saturated rings. The summed E-state index contributed by atoms with van der Waals surface area (Å²) in [7, 11) is -3.67. The van der Waals surface area contributed by atoms with Crippen molar-refractivity contribution in [3.05, 3.63) is 72.0 Å². The highest BCUT2D eigenvalue weighted by Crippen LogP contribution is 2.33. The van der Waals surface area contributed by atoms with Gasteiger partial charge in [0, 0.05) is 43.0 Å². The fourth-order valence-corrected chi connectivity index (χ4v) is 6.09. The number of piperazine rings is 1. The number of ether oxygens (including phenoxy) is 1. The van der Waals surface area contributed by atoms with E-state index in [-0.39, 0.29) is 36.4 Å². The summed E-state index contributed by atoms with van der Waals surface area (Å²) in [4.78, 5) is 26.6. The summed E-state index contributed by atoms with van der Waals surface area (Å²) in [5, 5.41) is 7.52. The molecule has 3 heterocycles. The third-order valence-electron chi connectivity index (χ3n) is 8.30. The number of carbonyl (C=O) groups excluding carboxylic acids is 1. The van der Waals surface area contributed by atoms with Crippen molar-refractivity contribution in [3.63, 3.8) is 0 Å². The molecule has 246 valence electrons. The number of carbonyl (C=O) groups is 1. The number of cyclic esters (lactones) is 1. The lowest BCUT2D eigenvalue weighted by Crippen LogP contribution is -2.46. The topological polar surface area (TPSA) is 132 Å². The quantitative estimate of drug-likeness (QED) is 0.229.